The maximum atomic E-state index is 6.30. The van der Waals surface area contributed by atoms with Crippen LogP contribution in [0.3, 0.4) is 0 Å². The Morgan fingerprint density at radius 1 is 1.19 bits per heavy atom. The van der Waals surface area contributed by atoms with Gasteiger partial charge >= 0.3 is 0 Å². The molecular formula is C25H30OSi. The average Bonchev–Trinajstić information content (AvgIpc) is 3.02. The van der Waals surface area contributed by atoms with Crippen LogP contribution in [-0.4, -0.2) is 14.7 Å². The lowest BCUT2D eigenvalue weighted by atomic mass is 9.94. The molecule has 2 aromatic rings. The maximum absolute atomic E-state index is 6.30. The van der Waals surface area contributed by atoms with Gasteiger partial charge in [-0.2, -0.15) is 0 Å². The van der Waals surface area contributed by atoms with Crippen LogP contribution < -0.4 is 9.92 Å². The summed E-state index contributed by atoms with van der Waals surface area (Å²) < 4.78 is 6.30. The lowest BCUT2D eigenvalue weighted by Crippen LogP contribution is -2.48. The molecule has 1 nitrogen and oxygen atoms in total. The van der Waals surface area contributed by atoms with Crippen LogP contribution in [0.5, 0.6) is 5.75 Å². The molecule has 2 aromatic carbocycles. The van der Waals surface area contributed by atoms with Gasteiger partial charge in [-0.05, 0) is 40.8 Å². The minimum atomic E-state index is -1.79. The molecule has 0 aromatic heterocycles. The summed E-state index contributed by atoms with van der Waals surface area (Å²) in [5.74, 6) is 2.58. The van der Waals surface area contributed by atoms with Crippen molar-refractivity contribution in [3.63, 3.8) is 0 Å². The molecule has 0 aliphatic heterocycles. The first-order valence-electron chi connectivity index (χ1n) is 10.2. The van der Waals surface area contributed by atoms with E-state index < -0.39 is 8.07 Å². The summed E-state index contributed by atoms with van der Waals surface area (Å²) >= 11 is 0. The molecule has 1 fully saturated rings. The SMILES string of the molecule is C=CCOc1c([Si](C)(C)C2C3=CC=CCC3CC2C)ccc2ccccc12. The summed E-state index contributed by atoms with van der Waals surface area (Å²) in [7, 11) is -1.79. The second-order valence-corrected chi connectivity index (χ2v) is 13.3. The monoisotopic (exact) mass is 374 g/mol. The number of hydrogen-bond donors (Lipinski definition) is 0. The van der Waals surface area contributed by atoms with Gasteiger partial charge in [0.15, 0.2) is 0 Å². The third-order valence-electron chi connectivity index (χ3n) is 6.60. The van der Waals surface area contributed by atoms with Crippen molar-refractivity contribution in [2.24, 2.45) is 11.8 Å². The van der Waals surface area contributed by atoms with E-state index >= 15 is 0 Å². The molecule has 1 saturated carbocycles. The predicted molar refractivity (Wildman–Crippen MR) is 120 cm³/mol. The molecule has 140 valence electrons. The van der Waals surface area contributed by atoms with E-state index in [0.29, 0.717) is 12.1 Å². The Labute approximate surface area is 164 Å². The van der Waals surface area contributed by atoms with Crippen LogP contribution in [0.2, 0.25) is 18.6 Å². The molecule has 4 rings (SSSR count). The molecule has 2 heteroatoms. The fourth-order valence-electron chi connectivity index (χ4n) is 5.54. The molecule has 0 bridgehead atoms. The van der Waals surface area contributed by atoms with Crippen molar-refractivity contribution in [2.75, 3.05) is 6.61 Å². The molecule has 2 aliphatic rings. The molecular weight excluding hydrogens is 344 g/mol. The van der Waals surface area contributed by atoms with E-state index in [1.807, 2.05) is 6.08 Å². The van der Waals surface area contributed by atoms with Crippen molar-refractivity contribution in [3.8, 4) is 5.75 Å². The van der Waals surface area contributed by atoms with Gasteiger partial charge in [0.1, 0.15) is 12.4 Å². The molecule has 3 atom stereocenters. The minimum Gasteiger partial charge on any atom is -0.489 e. The third kappa shape index (κ3) is 3.10. The summed E-state index contributed by atoms with van der Waals surface area (Å²) in [6.07, 6.45) is 11.4. The zero-order chi connectivity index (χ0) is 19.0. The van der Waals surface area contributed by atoms with Crippen LogP contribution in [-0.2, 0) is 0 Å². The van der Waals surface area contributed by atoms with Crippen molar-refractivity contribution in [3.05, 3.63) is 72.9 Å². The number of rotatable bonds is 5. The molecule has 0 spiro atoms. The van der Waals surface area contributed by atoms with Crippen molar-refractivity contribution < 1.29 is 4.74 Å². The van der Waals surface area contributed by atoms with Crippen molar-refractivity contribution in [1.82, 2.24) is 0 Å². The van der Waals surface area contributed by atoms with E-state index in [1.54, 1.807) is 5.57 Å². The first kappa shape index (κ1) is 18.3. The zero-order valence-electron chi connectivity index (χ0n) is 16.7. The highest BCUT2D eigenvalue weighted by molar-refractivity contribution is 6.92. The average molecular weight is 375 g/mol. The molecule has 0 radical (unpaired) electrons. The van der Waals surface area contributed by atoms with E-state index in [-0.39, 0.29) is 0 Å². The van der Waals surface area contributed by atoms with E-state index in [9.17, 15) is 0 Å². The van der Waals surface area contributed by atoms with Gasteiger partial charge in [0.25, 0.3) is 0 Å². The Balaban J connectivity index is 1.85. The second-order valence-electron chi connectivity index (χ2n) is 8.70. The topological polar surface area (TPSA) is 9.23 Å². The normalized spacial score (nSPS) is 24.6. The summed E-state index contributed by atoms with van der Waals surface area (Å²) in [4.78, 5) is 0. The Kier molecular flexibility index (Phi) is 4.86. The summed E-state index contributed by atoms with van der Waals surface area (Å²) in [6, 6.07) is 13.2. The quantitative estimate of drug-likeness (QED) is 0.445. The number of allylic oxidation sites excluding steroid dienone is 4. The molecule has 27 heavy (non-hydrogen) atoms. The Hall–Kier alpha value is -2.06. The molecule has 0 saturated heterocycles. The summed E-state index contributed by atoms with van der Waals surface area (Å²) in [5.41, 5.74) is 2.38. The van der Waals surface area contributed by atoms with Crippen molar-refractivity contribution in [2.45, 2.75) is 38.4 Å². The van der Waals surface area contributed by atoms with Gasteiger partial charge in [0.05, 0.1) is 8.07 Å². The Morgan fingerprint density at radius 2 is 2.00 bits per heavy atom. The second kappa shape index (κ2) is 7.16. The zero-order valence-corrected chi connectivity index (χ0v) is 17.7. The van der Waals surface area contributed by atoms with Crippen LogP contribution in [0.1, 0.15) is 19.8 Å². The lowest BCUT2D eigenvalue weighted by molar-refractivity contribution is 0.370. The maximum Gasteiger partial charge on any atom is 0.126 e. The van der Waals surface area contributed by atoms with E-state index in [4.69, 9.17) is 4.74 Å². The van der Waals surface area contributed by atoms with E-state index in [0.717, 1.165) is 17.6 Å². The first-order chi connectivity index (χ1) is 13.0. The number of hydrogen-bond acceptors (Lipinski definition) is 1. The molecule has 0 N–H and O–H groups in total. The molecule has 2 aliphatic carbocycles. The molecule has 0 heterocycles. The van der Waals surface area contributed by atoms with Crippen LogP contribution >= 0.6 is 0 Å². The third-order valence-corrected chi connectivity index (χ3v) is 10.8. The number of benzene rings is 2. The minimum absolute atomic E-state index is 0.555. The molecule has 0 amide bonds. The predicted octanol–water partition coefficient (Wildman–Crippen LogP) is 6.23. The van der Waals surface area contributed by atoms with Gasteiger partial charge in [-0.3, -0.25) is 0 Å². The highest BCUT2D eigenvalue weighted by Crippen LogP contribution is 2.53. The smallest absolute Gasteiger partial charge is 0.126 e. The van der Waals surface area contributed by atoms with Gasteiger partial charge < -0.3 is 4.74 Å². The van der Waals surface area contributed by atoms with Gasteiger partial charge in [-0.15, -0.1) is 0 Å². The van der Waals surface area contributed by atoms with E-state index in [2.05, 4.69) is 81.2 Å². The first-order valence-corrected chi connectivity index (χ1v) is 13.2. The highest BCUT2D eigenvalue weighted by Gasteiger charge is 2.47. The standard InChI is InChI=1S/C25H30OSi/c1-5-16-26-24-21-12-8-6-10-19(21)14-15-23(24)27(3,4)25-18(2)17-20-11-7-9-13-22(20)25/h5-10,12-15,18,20,25H,1,11,16-17H2,2-4H3. The van der Waals surface area contributed by atoms with Crippen LogP contribution in [0.4, 0.5) is 0 Å². The Bertz CT molecular complexity index is 921. The largest absolute Gasteiger partial charge is 0.489 e. The lowest BCUT2D eigenvalue weighted by Gasteiger charge is -2.36. The van der Waals surface area contributed by atoms with Crippen LogP contribution in [0, 0.1) is 11.8 Å². The van der Waals surface area contributed by atoms with E-state index in [1.165, 1.54) is 28.8 Å². The van der Waals surface area contributed by atoms with Crippen LogP contribution in [0.15, 0.2) is 72.9 Å². The summed E-state index contributed by atoms with van der Waals surface area (Å²) in [5, 5.41) is 3.94. The number of ether oxygens (including phenoxy) is 1. The molecule has 3 unspecified atom stereocenters. The number of fused-ring (bicyclic) bond motifs is 2. The van der Waals surface area contributed by atoms with Gasteiger partial charge in [0, 0.05) is 5.39 Å². The van der Waals surface area contributed by atoms with Gasteiger partial charge in [0.2, 0.25) is 0 Å². The Morgan fingerprint density at radius 3 is 2.81 bits per heavy atom. The fraction of sp³-hybridized carbons (Fsp3) is 0.360. The summed E-state index contributed by atoms with van der Waals surface area (Å²) in [6.45, 7) is 12.0. The van der Waals surface area contributed by atoms with Crippen molar-refractivity contribution >= 4 is 24.0 Å². The van der Waals surface area contributed by atoms with Crippen molar-refractivity contribution in [1.29, 1.82) is 0 Å². The van der Waals surface area contributed by atoms with Crippen LogP contribution in [0.25, 0.3) is 10.8 Å². The fourth-order valence-corrected chi connectivity index (χ4v) is 9.91. The van der Waals surface area contributed by atoms with Gasteiger partial charge in [-0.25, -0.2) is 0 Å². The van der Waals surface area contributed by atoms with Gasteiger partial charge in [-0.1, -0.05) is 92.9 Å². The highest BCUT2D eigenvalue weighted by atomic mass is 28.3.